The molecule has 0 aliphatic carbocycles. The molecule has 1 heterocycles. The van der Waals surface area contributed by atoms with Crippen LogP contribution in [-0.4, -0.2) is 42.8 Å². The fraction of sp³-hybridized carbons (Fsp3) is 0.429. The Kier molecular flexibility index (Phi) is 4.47. The second-order valence-electron chi connectivity index (χ2n) is 4.42. The van der Waals surface area contributed by atoms with Gasteiger partial charge in [0.1, 0.15) is 0 Å². The van der Waals surface area contributed by atoms with Gasteiger partial charge in [0.05, 0.1) is 0 Å². The summed E-state index contributed by atoms with van der Waals surface area (Å²) in [6, 6.07) is 9.13. The van der Waals surface area contributed by atoms with E-state index in [-0.39, 0.29) is 11.7 Å². The molecular weight excluding hydrogens is 228 g/mol. The van der Waals surface area contributed by atoms with Gasteiger partial charge in [-0.25, -0.2) is 0 Å². The maximum atomic E-state index is 11.9. The normalized spacial score (nSPS) is 15.4. The predicted molar refractivity (Wildman–Crippen MR) is 69.5 cm³/mol. The molecule has 1 aromatic rings. The van der Waals surface area contributed by atoms with Crippen molar-refractivity contribution in [2.24, 2.45) is 0 Å². The SMILES string of the molecule is O=C(CCC(=O)N1CCNCC1)c1ccccc1. The molecule has 1 aliphatic heterocycles. The smallest absolute Gasteiger partial charge is 0.223 e. The number of ketones is 1. The molecule has 0 atom stereocenters. The number of benzene rings is 1. The molecule has 4 heteroatoms. The van der Waals surface area contributed by atoms with Gasteiger partial charge in [-0.05, 0) is 0 Å². The van der Waals surface area contributed by atoms with Gasteiger partial charge in [0.15, 0.2) is 5.78 Å². The number of hydrogen-bond donors (Lipinski definition) is 1. The summed E-state index contributed by atoms with van der Waals surface area (Å²) in [5.74, 6) is 0.125. The highest BCUT2D eigenvalue weighted by Gasteiger charge is 2.17. The highest BCUT2D eigenvalue weighted by atomic mass is 16.2. The van der Waals surface area contributed by atoms with Crippen LogP contribution in [0.1, 0.15) is 23.2 Å². The van der Waals surface area contributed by atoms with E-state index in [0.717, 1.165) is 26.2 Å². The van der Waals surface area contributed by atoms with Crippen LogP contribution in [0.2, 0.25) is 0 Å². The molecule has 2 rings (SSSR count). The monoisotopic (exact) mass is 246 g/mol. The van der Waals surface area contributed by atoms with E-state index in [0.29, 0.717) is 18.4 Å². The number of amides is 1. The van der Waals surface area contributed by atoms with Crippen LogP contribution in [0.15, 0.2) is 30.3 Å². The average molecular weight is 246 g/mol. The summed E-state index contributed by atoms with van der Waals surface area (Å²) in [7, 11) is 0. The maximum Gasteiger partial charge on any atom is 0.223 e. The van der Waals surface area contributed by atoms with Crippen LogP contribution in [0.25, 0.3) is 0 Å². The van der Waals surface area contributed by atoms with Crippen LogP contribution < -0.4 is 5.32 Å². The van der Waals surface area contributed by atoms with Crippen LogP contribution in [0.5, 0.6) is 0 Å². The second-order valence-corrected chi connectivity index (χ2v) is 4.42. The lowest BCUT2D eigenvalue weighted by Gasteiger charge is -2.27. The molecule has 0 bridgehead atoms. The molecule has 1 aromatic carbocycles. The van der Waals surface area contributed by atoms with Gasteiger partial charge in [-0.15, -0.1) is 0 Å². The summed E-state index contributed by atoms with van der Waals surface area (Å²) in [4.78, 5) is 25.6. The van der Waals surface area contributed by atoms with E-state index in [9.17, 15) is 9.59 Å². The molecule has 0 unspecified atom stereocenters. The molecule has 0 saturated carbocycles. The third kappa shape index (κ3) is 3.40. The van der Waals surface area contributed by atoms with Crippen molar-refractivity contribution in [1.82, 2.24) is 10.2 Å². The Hall–Kier alpha value is -1.68. The van der Waals surface area contributed by atoms with E-state index < -0.39 is 0 Å². The Morgan fingerprint density at radius 3 is 2.39 bits per heavy atom. The Bertz CT molecular complexity index is 411. The molecule has 96 valence electrons. The number of nitrogens with one attached hydrogen (secondary N) is 1. The zero-order valence-corrected chi connectivity index (χ0v) is 10.4. The highest BCUT2D eigenvalue weighted by molar-refractivity contribution is 5.97. The first-order valence-electron chi connectivity index (χ1n) is 6.34. The number of carbonyl (C=O) groups is 2. The number of rotatable bonds is 4. The molecule has 0 spiro atoms. The van der Waals surface area contributed by atoms with E-state index in [4.69, 9.17) is 0 Å². The summed E-state index contributed by atoms with van der Waals surface area (Å²) in [5, 5.41) is 3.20. The van der Waals surface area contributed by atoms with Gasteiger partial charge < -0.3 is 10.2 Å². The minimum atomic E-state index is 0.0408. The molecule has 0 radical (unpaired) electrons. The first kappa shape index (κ1) is 12.8. The van der Waals surface area contributed by atoms with E-state index in [1.54, 1.807) is 12.1 Å². The zero-order chi connectivity index (χ0) is 12.8. The van der Waals surface area contributed by atoms with E-state index in [2.05, 4.69) is 5.32 Å². The van der Waals surface area contributed by atoms with Crippen molar-refractivity contribution in [2.75, 3.05) is 26.2 Å². The molecule has 1 N–H and O–H groups in total. The van der Waals surface area contributed by atoms with Crippen molar-refractivity contribution in [1.29, 1.82) is 0 Å². The summed E-state index contributed by atoms with van der Waals surface area (Å²) < 4.78 is 0. The quantitative estimate of drug-likeness (QED) is 0.809. The van der Waals surface area contributed by atoms with Crippen LogP contribution in [-0.2, 0) is 4.79 Å². The minimum absolute atomic E-state index is 0.0408. The van der Waals surface area contributed by atoms with Gasteiger partial charge in [0.25, 0.3) is 0 Å². The molecular formula is C14H18N2O2. The van der Waals surface area contributed by atoms with Crippen LogP contribution in [0.4, 0.5) is 0 Å². The van der Waals surface area contributed by atoms with E-state index >= 15 is 0 Å². The minimum Gasteiger partial charge on any atom is -0.340 e. The van der Waals surface area contributed by atoms with Crippen molar-refractivity contribution in [3.8, 4) is 0 Å². The third-order valence-corrected chi connectivity index (χ3v) is 3.13. The van der Waals surface area contributed by atoms with Gasteiger partial charge in [0.2, 0.25) is 5.91 Å². The second kappa shape index (κ2) is 6.31. The van der Waals surface area contributed by atoms with Gasteiger partial charge in [-0.2, -0.15) is 0 Å². The maximum absolute atomic E-state index is 11.9. The Labute approximate surface area is 107 Å². The lowest BCUT2D eigenvalue weighted by atomic mass is 10.1. The van der Waals surface area contributed by atoms with Gasteiger partial charge in [-0.1, -0.05) is 30.3 Å². The molecule has 1 fully saturated rings. The predicted octanol–water partition coefficient (Wildman–Crippen LogP) is 1.08. The first-order valence-corrected chi connectivity index (χ1v) is 6.34. The largest absolute Gasteiger partial charge is 0.340 e. The highest BCUT2D eigenvalue weighted by Crippen LogP contribution is 2.07. The summed E-state index contributed by atoms with van der Waals surface area (Å²) >= 11 is 0. The molecule has 1 amide bonds. The number of piperazine rings is 1. The van der Waals surface area contributed by atoms with Crippen molar-refractivity contribution < 1.29 is 9.59 Å². The van der Waals surface area contributed by atoms with Crippen molar-refractivity contribution in [3.63, 3.8) is 0 Å². The Morgan fingerprint density at radius 1 is 1.06 bits per heavy atom. The Balaban J connectivity index is 1.80. The number of nitrogens with zero attached hydrogens (tertiary/aromatic N) is 1. The topological polar surface area (TPSA) is 49.4 Å². The lowest BCUT2D eigenvalue weighted by molar-refractivity contribution is -0.131. The molecule has 1 aliphatic rings. The standard InChI is InChI=1S/C14H18N2O2/c17-13(12-4-2-1-3-5-12)6-7-14(18)16-10-8-15-9-11-16/h1-5,15H,6-11H2. The fourth-order valence-corrected chi connectivity index (χ4v) is 2.06. The number of hydrogen-bond acceptors (Lipinski definition) is 3. The van der Waals surface area contributed by atoms with E-state index in [1.807, 2.05) is 23.1 Å². The lowest BCUT2D eigenvalue weighted by Crippen LogP contribution is -2.46. The van der Waals surface area contributed by atoms with Gasteiger partial charge in [-0.3, -0.25) is 9.59 Å². The van der Waals surface area contributed by atoms with Crippen LogP contribution in [0, 0.1) is 0 Å². The number of Topliss-reactive ketones (excluding diaryl/α,β-unsaturated/α-hetero) is 1. The van der Waals surface area contributed by atoms with Crippen molar-refractivity contribution >= 4 is 11.7 Å². The summed E-state index contributed by atoms with van der Waals surface area (Å²) in [5.41, 5.74) is 0.686. The molecule has 18 heavy (non-hydrogen) atoms. The van der Waals surface area contributed by atoms with Crippen LogP contribution >= 0.6 is 0 Å². The fourth-order valence-electron chi connectivity index (χ4n) is 2.06. The van der Waals surface area contributed by atoms with E-state index in [1.165, 1.54) is 0 Å². The average Bonchev–Trinajstić information content (AvgIpc) is 2.46. The molecule has 0 aromatic heterocycles. The summed E-state index contributed by atoms with van der Waals surface area (Å²) in [6.07, 6.45) is 0.612. The number of carbonyl (C=O) groups excluding carboxylic acids is 2. The zero-order valence-electron chi connectivity index (χ0n) is 10.4. The first-order chi connectivity index (χ1) is 8.77. The van der Waals surface area contributed by atoms with Crippen molar-refractivity contribution in [2.45, 2.75) is 12.8 Å². The molecule has 1 saturated heterocycles. The third-order valence-electron chi connectivity index (χ3n) is 3.13. The van der Waals surface area contributed by atoms with Crippen LogP contribution in [0.3, 0.4) is 0 Å². The molecule has 4 nitrogen and oxygen atoms in total. The van der Waals surface area contributed by atoms with Gasteiger partial charge in [0, 0.05) is 44.6 Å². The van der Waals surface area contributed by atoms with Gasteiger partial charge >= 0.3 is 0 Å². The Morgan fingerprint density at radius 2 is 1.72 bits per heavy atom. The van der Waals surface area contributed by atoms with Crippen molar-refractivity contribution in [3.05, 3.63) is 35.9 Å². The summed E-state index contributed by atoms with van der Waals surface area (Å²) in [6.45, 7) is 3.19.